The topological polar surface area (TPSA) is 30.3 Å². The summed E-state index contributed by atoms with van der Waals surface area (Å²) in [5.41, 5.74) is 2.22. The van der Waals surface area contributed by atoms with Crippen LogP contribution in [-0.4, -0.2) is 41.4 Å². The van der Waals surface area contributed by atoms with E-state index in [2.05, 4.69) is 28.3 Å². The van der Waals surface area contributed by atoms with Crippen LogP contribution in [0.15, 0.2) is 36.5 Å². The minimum absolute atomic E-state index is 0. The van der Waals surface area contributed by atoms with Crippen LogP contribution in [-0.2, 0) is 6.54 Å². The van der Waals surface area contributed by atoms with Gasteiger partial charge in [0, 0.05) is 12.7 Å². The maximum Gasteiger partial charge on any atom is 0.240 e. The number of aromatic nitrogens is 2. The average Bonchev–Trinajstić information content (AvgIpc) is 2.98. The van der Waals surface area contributed by atoms with E-state index in [1.807, 2.05) is 22.9 Å². The van der Waals surface area contributed by atoms with Crippen LogP contribution in [0, 0.1) is 0 Å². The lowest BCUT2D eigenvalue weighted by Gasteiger charge is -2.26. The van der Waals surface area contributed by atoms with E-state index < -0.39 is 0 Å². The van der Waals surface area contributed by atoms with Gasteiger partial charge in [0.15, 0.2) is 0 Å². The first-order valence-corrected chi connectivity index (χ1v) is 7.76. The van der Waals surface area contributed by atoms with Crippen molar-refractivity contribution in [2.45, 2.75) is 25.8 Å². The van der Waals surface area contributed by atoms with Crippen LogP contribution in [0.1, 0.15) is 19.3 Å². The molecule has 3 rings (SSSR count). The lowest BCUT2D eigenvalue weighted by atomic mass is 10.1. The molecule has 0 saturated carbocycles. The fourth-order valence-corrected chi connectivity index (χ4v) is 2.91. The molecular weight excluding hydrogens is 333 g/mol. The monoisotopic (exact) mass is 357 g/mol. The molecule has 1 aromatic heterocycles. The molecule has 0 spiro atoms. The zero-order valence-corrected chi connectivity index (χ0v) is 15.1. The van der Waals surface area contributed by atoms with Gasteiger partial charge in [0.25, 0.3) is 0 Å². The van der Waals surface area contributed by atoms with Gasteiger partial charge in [-0.15, -0.1) is 29.9 Å². The van der Waals surface area contributed by atoms with Crippen molar-refractivity contribution in [2.24, 2.45) is 0 Å². The maximum absolute atomic E-state index is 5.43. The van der Waals surface area contributed by atoms with Crippen LogP contribution >= 0.6 is 24.8 Å². The Hall–Kier alpha value is -1.23. The molecule has 1 aliphatic rings. The third-order valence-electron chi connectivity index (χ3n) is 4.10. The Morgan fingerprint density at radius 1 is 1.00 bits per heavy atom. The van der Waals surface area contributed by atoms with Gasteiger partial charge >= 0.3 is 0 Å². The number of rotatable bonds is 5. The standard InChI is InChI=1S/C17H23N3O.2ClH/c1-21-17-16(15-8-4-2-5-9-15)14-20(18-17)13-12-19-10-6-3-7-11-19;;/h2,4-5,8-9,14H,3,6-7,10-13H2,1H3;2*1H. The molecule has 1 saturated heterocycles. The molecule has 0 atom stereocenters. The molecule has 0 bridgehead atoms. The van der Waals surface area contributed by atoms with Crippen molar-refractivity contribution in [3.63, 3.8) is 0 Å². The molecule has 4 nitrogen and oxygen atoms in total. The maximum atomic E-state index is 5.43. The second-order valence-electron chi connectivity index (χ2n) is 5.58. The molecule has 1 fully saturated rings. The van der Waals surface area contributed by atoms with Gasteiger partial charge in [0.1, 0.15) is 0 Å². The van der Waals surface area contributed by atoms with Crippen LogP contribution in [0.25, 0.3) is 11.1 Å². The summed E-state index contributed by atoms with van der Waals surface area (Å²) < 4.78 is 7.44. The number of ether oxygens (including phenoxy) is 1. The molecule has 6 heteroatoms. The Morgan fingerprint density at radius 2 is 1.70 bits per heavy atom. The number of hydrogen-bond acceptors (Lipinski definition) is 3. The van der Waals surface area contributed by atoms with Crippen molar-refractivity contribution >= 4 is 24.8 Å². The van der Waals surface area contributed by atoms with E-state index >= 15 is 0 Å². The molecule has 0 radical (unpaired) electrons. The molecule has 0 N–H and O–H groups in total. The summed E-state index contributed by atoms with van der Waals surface area (Å²) in [4.78, 5) is 2.53. The van der Waals surface area contributed by atoms with Crippen molar-refractivity contribution < 1.29 is 4.74 Å². The van der Waals surface area contributed by atoms with Crippen LogP contribution in [0.2, 0.25) is 0 Å². The highest BCUT2D eigenvalue weighted by molar-refractivity contribution is 5.85. The van der Waals surface area contributed by atoms with Crippen molar-refractivity contribution in [1.29, 1.82) is 0 Å². The molecular formula is C17H25Cl2N3O. The lowest BCUT2D eigenvalue weighted by Crippen LogP contribution is -2.32. The minimum Gasteiger partial charge on any atom is -0.479 e. The predicted octanol–water partition coefficient (Wildman–Crippen LogP) is 3.89. The highest BCUT2D eigenvalue weighted by Gasteiger charge is 2.13. The highest BCUT2D eigenvalue weighted by Crippen LogP contribution is 2.28. The Balaban J connectivity index is 0.00000132. The third kappa shape index (κ3) is 5.13. The predicted molar refractivity (Wildman–Crippen MR) is 99.0 cm³/mol. The quantitative estimate of drug-likeness (QED) is 0.812. The van der Waals surface area contributed by atoms with E-state index in [1.165, 1.54) is 32.4 Å². The van der Waals surface area contributed by atoms with Gasteiger partial charge in [0.05, 0.1) is 19.2 Å². The van der Waals surface area contributed by atoms with E-state index in [0.717, 1.165) is 24.2 Å². The Bertz CT molecular complexity index is 568. The second kappa shape index (κ2) is 9.81. The zero-order valence-electron chi connectivity index (χ0n) is 13.5. The van der Waals surface area contributed by atoms with Gasteiger partial charge in [-0.25, -0.2) is 0 Å². The van der Waals surface area contributed by atoms with E-state index in [-0.39, 0.29) is 24.8 Å². The largest absolute Gasteiger partial charge is 0.479 e. The number of methoxy groups -OCH3 is 1. The molecule has 23 heavy (non-hydrogen) atoms. The number of halogens is 2. The Kier molecular flexibility index (Phi) is 8.45. The summed E-state index contributed by atoms with van der Waals surface area (Å²) in [7, 11) is 1.68. The SMILES string of the molecule is COc1nn(CCN2CCCCC2)cc1-c1ccccc1.Cl.Cl. The first-order valence-electron chi connectivity index (χ1n) is 7.76. The first-order chi connectivity index (χ1) is 10.4. The van der Waals surface area contributed by atoms with E-state index in [1.54, 1.807) is 7.11 Å². The normalized spacial score (nSPS) is 14.7. The summed E-state index contributed by atoms with van der Waals surface area (Å²) in [6.45, 7) is 4.44. The smallest absolute Gasteiger partial charge is 0.240 e. The van der Waals surface area contributed by atoms with Crippen molar-refractivity contribution in [2.75, 3.05) is 26.7 Å². The number of likely N-dealkylation sites (tertiary alicyclic amines) is 1. The molecule has 2 aromatic rings. The van der Waals surface area contributed by atoms with E-state index in [0.29, 0.717) is 5.88 Å². The minimum atomic E-state index is 0. The van der Waals surface area contributed by atoms with Gasteiger partial charge < -0.3 is 9.64 Å². The van der Waals surface area contributed by atoms with Gasteiger partial charge in [0.2, 0.25) is 5.88 Å². The van der Waals surface area contributed by atoms with Crippen LogP contribution in [0.3, 0.4) is 0 Å². The Labute approximate surface area is 150 Å². The molecule has 1 aliphatic heterocycles. The van der Waals surface area contributed by atoms with Gasteiger partial charge in [-0.3, -0.25) is 4.68 Å². The fraction of sp³-hybridized carbons (Fsp3) is 0.471. The number of benzene rings is 1. The van der Waals surface area contributed by atoms with Crippen LogP contribution < -0.4 is 4.74 Å². The molecule has 0 amide bonds. The lowest BCUT2D eigenvalue weighted by molar-refractivity contribution is 0.217. The molecule has 1 aromatic carbocycles. The van der Waals surface area contributed by atoms with E-state index in [9.17, 15) is 0 Å². The molecule has 128 valence electrons. The van der Waals surface area contributed by atoms with Gasteiger partial charge in [-0.05, 0) is 31.5 Å². The van der Waals surface area contributed by atoms with Gasteiger partial charge in [-0.1, -0.05) is 36.8 Å². The number of hydrogen-bond donors (Lipinski definition) is 0. The van der Waals surface area contributed by atoms with Crippen LogP contribution in [0.5, 0.6) is 5.88 Å². The van der Waals surface area contributed by atoms with Crippen LogP contribution in [0.4, 0.5) is 0 Å². The average molecular weight is 358 g/mol. The van der Waals surface area contributed by atoms with Crippen molar-refractivity contribution in [3.8, 4) is 17.0 Å². The number of piperidine rings is 1. The number of nitrogens with zero attached hydrogens (tertiary/aromatic N) is 3. The summed E-state index contributed by atoms with van der Waals surface area (Å²) in [5, 5.41) is 4.56. The summed E-state index contributed by atoms with van der Waals surface area (Å²) in [6.07, 6.45) is 6.14. The first kappa shape index (κ1) is 19.8. The van der Waals surface area contributed by atoms with Gasteiger partial charge in [-0.2, -0.15) is 0 Å². The Morgan fingerprint density at radius 3 is 2.35 bits per heavy atom. The second-order valence-corrected chi connectivity index (χ2v) is 5.58. The summed E-state index contributed by atoms with van der Waals surface area (Å²) in [5.74, 6) is 0.708. The fourth-order valence-electron chi connectivity index (χ4n) is 2.91. The molecule has 0 unspecified atom stereocenters. The molecule has 0 aliphatic carbocycles. The van der Waals surface area contributed by atoms with Crippen molar-refractivity contribution in [1.82, 2.24) is 14.7 Å². The highest BCUT2D eigenvalue weighted by atomic mass is 35.5. The summed E-state index contributed by atoms with van der Waals surface area (Å²) in [6, 6.07) is 10.3. The van der Waals surface area contributed by atoms with Crippen molar-refractivity contribution in [3.05, 3.63) is 36.5 Å². The van der Waals surface area contributed by atoms with E-state index in [4.69, 9.17) is 4.74 Å². The third-order valence-corrected chi connectivity index (χ3v) is 4.10. The summed E-state index contributed by atoms with van der Waals surface area (Å²) >= 11 is 0. The molecule has 2 heterocycles. The zero-order chi connectivity index (χ0) is 14.5.